The van der Waals surface area contributed by atoms with Gasteiger partial charge in [0, 0.05) is 62.5 Å². The molecule has 7 heteroatoms. The molecule has 0 bridgehead atoms. The number of methoxy groups -OCH3 is 1. The molecule has 0 saturated carbocycles. The van der Waals surface area contributed by atoms with Crippen LogP contribution in [0, 0.1) is 5.82 Å². The van der Waals surface area contributed by atoms with E-state index < -0.39 is 0 Å². The second-order valence-electron chi connectivity index (χ2n) is 11.6. The van der Waals surface area contributed by atoms with Crippen molar-refractivity contribution < 1.29 is 18.7 Å². The van der Waals surface area contributed by atoms with Gasteiger partial charge in [-0.1, -0.05) is 36.4 Å². The highest BCUT2D eigenvalue weighted by Crippen LogP contribution is 2.34. The van der Waals surface area contributed by atoms with Gasteiger partial charge in [0.25, 0.3) is 0 Å². The van der Waals surface area contributed by atoms with Gasteiger partial charge in [-0.05, 0) is 84.7 Å². The van der Waals surface area contributed by atoms with Crippen LogP contribution in [-0.2, 0) is 33.7 Å². The number of hydrogen-bond donors (Lipinski definition) is 1. The SMILES string of the molecule is COCCCn1c(C2CCCN(C(=O)CCCc3ccc(-c4ccc5c(c4)CC(=O)N5)cc3)C2)cc2c(F)cccc21. The average molecular weight is 568 g/mol. The van der Waals surface area contributed by atoms with Crippen LogP contribution >= 0.6 is 0 Å². The molecule has 1 saturated heterocycles. The van der Waals surface area contributed by atoms with Gasteiger partial charge in [0.2, 0.25) is 11.8 Å². The fraction of sp³-hybridized carbons (Fsp3) is 0.371. The van der Waals surface area contributed by atoms with Crippen LogP contribution in [0.4, 0.5) is 10.1 Å². The Morgan fingerprint density at radius 2 is 1.88 bits per heavy atom. The van der Waals surface area contributed by atoms with Gasteiger partial charge in [0.05, 0.1) is 11.9 Å². The van der Waals surface area contributed by atoms with Gasteiger partial charge in [-0.15, -0.1) is 0 Å². The highest BCUT2D eigenvalue weighted by Gasteiger charge is 2.28. The zero-order valence-corrected chi connectivity index (χ0v) is 24.2. The maximum atomic E-state index is 14.7. The summed E-state index contributed by atoms with van der Waals surface area (Å²) in [4.78, 5) is 26.9. The lowest BCUT2D eigenvalue weighted by molar-refractivity contribution is -0.132. The van der Waals surface area contributed by atoms with E-state index in [4.69, 9.17) is 4.74 Å². The van der Waals surface area contributed by atoms with E-state index in [9.17, 15) is 14.0 Å². The minimum Gasteiger partial charge on any atom is -0.385 e. The number of aromatic nitrogens is 1. The molecule has 6 rings (SSSR count). The molecule has 4 aromatic rings. The molecule has 3 aromatic carbocycles. The molecule has 42 heavy (non-hydrogen) atoms. The second kappa shape index (κ2) is 12.5. The number of nitrogens with one attached hydrogen (secondary N) is 1. The van der Waals surface area contributed by atoms with Gasteiger partial charge in [-0.3, -0.25) is 9.59 Å². The van der Waals surface area contributed by atoms with E-state index in [-0.39, 0.29) is 23.5 Å². The maximum Gasteiger partial charge on any atom is 0.228 e. The number of amides is 2. The largest absolute Gasteiger partial charge is 0.385 e. The van der Waals surface area contributed by atoms with E-state index in [0.717, 1.165) is 78.8 Å². The Kier molecular flexibility index (Phi) is 8.38. The lowest BCUT2D eigenvalue weighted by Gasteiger charge is -2.33. The number of piperidine rings is 1. The number of anilines is 1. The summed E-state index contributed by atoms with van der Waals surface area (Å²) in [5.74, 6) is 0.240. The highest BCUT2D eigenvalue weighted by molar-refractivity contribution is 5.99. The van der Waals surface area contributed by atoms with E-state index in [1.165, 1.54) is 11.6 Å². The summed E-state index contributed by atoms with van der Waals surface area (Å²) in [6.07, 6.45) is 5.40. The molecule has 0 aliphatic carbocycles. The molecule has 1 unspecified atom stereocenters. The van der Waals surface area contributed by atoms with Crippen molar-refractivity contribution in [2.45, 2.75) is 57.4 Å². The van der Waals surface area contributed by atoms with Crippen molar-refractivity contribution in [2.24, 2.45) is 0 Å². The minimum atomic E-state index is -0.197. The number of nitrogens with zero attached hydrogens (tertiary/aromatic N) is 2. The van der Waals surface area contributed by atoms with Crippen molar-refractivity contribution in [2.75, 3.05) is 32.1 Å². The van der Waals surface area contributed by atoms with Gasteiger partial charge >= 0.3 is 0 Å². The Labute approximate surface area is 246 Å². The average Bonchev–Trinajstić information content (AvgIpc) is 3.57. The van der Waals surface area contributed by atoms with Crippen LogP contribution in [0.2, 0.25) is 0 Å². The number of rotatable bonds is 10. The maximum absolute atomic E-state index is 14.7. The van der Waals surface area contributed by atoms with Crippen LogP contribution in [0.15, 0.2) is 66.7 Å². The molecule has 1 fully saturated rings. The fourth-order valence-electron chi connectivity index (χ4n) is 6.54. The van der Waals surface area contributed by atoms with Crippen LogP contribution in [0.5, 0.6) is 0 Å². The Bertz CT molecular complexity index is 1590. The first-order valence-electron chi connectivity index (χ1n) is 15.1. The standard InChI is InChI=1S/C35H38FN3O3/c1-42-19-5-18-39-32-9-3-8-30(36)29(32)22-33(39)27-7-4-17-38(23-27)35(41)10-2-6-24-11-13-25(14-12-24)26-15-16-31-28(20-26)21-34(40)37-31/h3,8-9,11-16,20,22,27H,2,4-7,10,17-19,21,23H2,1H3,(H,37,40). The van der Waals surface area contributed by atoms with Crippen molar-refractivity contribution in [1.82, 2.24) is 9.47 Å². The molecule has 218 valence electrons. The summed E-state index contributed by atoms with van der Waals surface area (Å²) < 4.78 is 22.2. The van der Waals surface area contributed by atoms with Crippen LogP contribution in [0.25, 0.3) is 22.0 Å². The lowest BCUT2D eigenvalue weighted by Crippen LogP contribution is -2.39. The first kappa shape index (κ1) is 28.2. The van der Waals surface area contributed by atoms with Crippen molar-refractivity contribution in [3.05, 3.63) is 89.4 Å². The lowest BCUT2D eigenvalue weighted by atomic mass is 9.94. The molecule has 0 spiro atoms. The number of benzene rings is 3. The van der Waals surface area contributed by atoms with Crippen LogP contribution in [-0.4, -0.2) is 48.1 Å². The van der Waals surface area contributed by atoms with E-state index in [1.54, 1.807) is 13.2 Å². The predicted octanol–water partition coefficient (Wildman–Crippen LogP) is 6.71. The third-order valence-electron chi connectivity index (χ3n) is 8.72. The predicted molar refractivity (Wildman–Crippen MR) is 164 cm³/mol. The van der Waals surface area contributed by atoms with Crippen LogP contribution < -0.4 is 5.32 Å². The van der Waals surface area contributed by atoms with E-state index in [1.807, 2.05) is 29.2 Å². The topological polar surface area (TPSA) is 63.6 Å². The number of hydrogen-bond acceptors (Lipinski definition) is 3. The summed E-state index contributed by atoms with van der Waals surface area (Å²) in [6, 6.07) is 21.9. The van der Waals surface area contributed by atoms with Crippen molar-refractivity contribution in [3.63, 3.8) is 0 Å². The molecule has 1 N–H and O–H groups in total. The number of carbonyl (C=O) groups is 2. The molecule has 2 aliphatic heterocycles. The smallest absolute Gasteiger partial charge is 0.228 e. The van der Waals surface area contributed by atoms with Crippen molar-refractivity contribution in [3.8, 4) is 11.1 Å². The van der Waals surface area contributed by atoms with Crippen molar-refractivity contribution in [1.29, 1.82) is 0 Å². The van der Waals surface area contributed by atoms with Gasteiger partial charge in [-0.2, -0.15) is 0 Å². The van der Waals surface area contributed by atoms with Crippen LogP contribution in [0.1, 0.15) is 54.8 Å². The number of ether oxygens (including phenoxy) is 1. The van der Waals surface area contributed by atoms with Crippen molar-refractivity contribution >= 4 is 28.4 Å². The van der Waals surface area contributed by atoms with Gasteiger partial charge in [0.15, 0.2) is 0 Å². The monoisotopic (exact) mass is 567 g/mol. The number of carbonyl (C=O) groups excluding carboxylic acids is 2. The van der Waals surface area contributed by atoms with E-state index in [2.05, 4.69) is 40.2 Å². The zero-order chi connectivity index (χ0) is 29.1. The first-order valence-corrected chi connectivity index (χ1v) is 15.1. The summed E-state index contributed by atoms with van der Waals surface area (Å²) in [5.41, 5.74) is 7.42. The Morgan fingerprint density at radius 3 is 2.71 bits per heavy atom. The van der Waals surface area contributed by atoms with E-state index in [0.29, 0.717) is 31.4 Å². The Balaban J connectivity index is 1.06. The molecular formula is C35H38FN3O3. The summed E-state index contributed by atoms with van der Waals surface area (Å²) in [5, 5.41) is 3.54. The number of halogens is 1. The highest BCUT2D eigenvalue weighted by atomic mass is 19.1. The summed E-state index contributed by atoms with van der Waals surface area (Å²) >= 11 is 0. The Hall–Kier alpha value is -3.97. The first-order chi connectivity index (χ1) is 20.5. The van der Waals surface area contributed by atoms with Gasteiger partial charge < -0.3 is 19.5 Å². The van der Waals surface area contributed by atoms with E-state index >= 15 is 0 Å². The second-order valence-corrected chi connectivity index (χ2v) is 11.6. The quantitative estimate of drug-likeness (QED) is 0.217. The molecule has 6 nitrogen and oxygen atoms in total. The number of likely N-dealkylation sites (tertiary alicyclic amines) is 1. The molecule has 2 aliphatic rings. The van der Waals surface area contributed by atoms with Crippen LogP contribution in [0.3, 0.4) is 0 Å². The summed E-state index contributed by atoms with van der Waals surface area (Å²) in [6.45, 7) is 2.88. The van der Waals surface area contributed by atoms with Gasteiger partial charge in [0.1, 0.15) is 5.82 Å². The normalized spacial score (nSPS) is 16.6. The minimum absolute atomic E-state index is 0.0450. The molecule has 1 atom stereocenters. The molecule has 2 amide bonds. The fourth-order valence-corrected chi connectivity index (χ4v) is 6.54. The molecule has 0 radical (unpaired) electrons. The molecule has 1 aromatic heterocycles. The van der Waals surface area contributed by atoms with Gasteiger partial charge in [-0.25, -0.2) is 4.39 Å². The number of fused-ring (bicyclic) bond motifs is 2. The molecule has 3 heterocycles. The molecular weight excluding hydrogens is 529 g/mol. The zero-order valence-electron chi connectivity index (χ0n) is 24.2. The number of aryl methyl sites for hydroxylation is 2. The third-order valence-corrected chi connectivity index (χ3v) is 8.72. The third kappa shape index (κ3) is 5.97. The Morgan fingerprint density at radius 1 is 1.05 bits per heavy atom. The summed E-state index contributed by atoms with van der Waals surface area (Å²) in [7, 11) is 1.70.